The monoisotopic (exact) mass is 1990 g/mol. The molecule has 3 amide bonds. The number of rotatable bonds is 61. The Balaban J connectivity index is 0.945. The Morgan fingerprint density at radius 3 is 1.04 bits per heavy atom. The number of carbonyl (C=O) groups excluding carboxylic acids is 3. The Morgan fingerprint density at radius 1 is 0.297 bits per heavy atom. The van der Waals surface area contributed by atoms with Crippen molar-refractivity contribution in [3.8, 4) is 0 Å². The van der Waals surface area contributed by atoms with Crippen molar-refractivity contribution in [1.29, 1.82) is 0 Å². The summed E-state index contributed by atoms with van der Waals surface area (Å²) in [5.41, 5.74) is 0. The fourth-order valence-corrected chi connectivity index (χ4v) is 18.7. The Kier molecular flexibility index (Phi) is 54.2. The summed E-state index contributed by atoms with van der Waals surface area (Å²) in [7, 11) is 0. The smallest absolute Gasteiger partial charge is 0.220 e. The first-order valence-electron chi connectivity index (χ1n) is 50.4. The molecule has 0 aromatic carbocycles. The number of aliphatic hydroxyl groups excluding tert-OH is 22. The number of unbranched alkanes of at least 4 members (excludes halogenated alkanes) is 28. The predicted molar refractivity (Wildman–Crippen MR) is 484 cm³/mol. The van der Waals surface area contributed by atoms with Gasteiger partial charge in [0.05, 0.1) is 70.6 Å². The number of hydrogen-bond donors (Lipinski definition) is 25. The van der Waals surface area contributed by atoms with Crippen LogP contribution in [-0.2, 0) is 90.2 Å². The quantitative estimate of drug-likeness (QED) is 0.0219. The number of hydrogen-bond acceptors (Lipinski definition) is 41. The van der Waals surface area contributed by atoms with E-state index in [0.717, 1.165) is 78.1 Å². The highest BCUT2D eigenvalue weighted by Crippen LogP contribution is 2.41. The van der Waals surface area contributed by atoms with E-state index in [4.69, 9.17) is 75.8 Å². The van der Waals surface area contributed by atoms with Crippen LogP contribution < -0.4 is 16.0 Å². The van der Waals surface area contributed by atoms with Crippen molar-refractivity contribution in [3.05, 3.63) is 24.3 Å². The van der Waals surface area contributed by atoms with Crippen LogP contribution in [0.3, 0.4) is 0 Å². The van der Waals surface area contributed by atoms with Gasteiger partial charge in [-0.15, -0.1) is 0 Å². The number of allylic oxidation sites excluding steroid dienone is 3. The standard InChI is InChI=1S/C94H167N3O41/c1-7-9-11-13-15-17-19-21-22-23-24-25-26-27-28-30-32-34-36-38-40-42-62(107)97-54(55(106)41-39-37-35-33-31-29-20-18-16-14-12-10-8-2)49-123-89-77(120)74(117)80(60(47-102)131-89)132-92-78(121)84(69(112)58(45-100)127-92)136-87-63(95-52(5)104)82(68(111)57(44-99)126-87)134-93-79(122)85(70(113)59(46-101)128-93)137-88-64(96-53(6)105)83(135-90-75(118)71(114)65(108)50(3)124-90)81(61(48-103)130-88)133-94-86(73(116)67(110)56(43-98)129-94)138-91-76(119)72(115)66(109)51(4)125-91/h21-22,39,41,50-51,54-61,63-94,98-103,106,108-122H,7-20,23-38,40,42-49H2,1-6H3,(H,95,104)(H,96,105)(H,97,107)/b22-21-,41-39+/t50?,51?,54-,55+,56?,57?,58?,59?,60?,61?,63?,64?,65+,66+,67-,68+,69-,70-,71?,72?,73-,74+,75-,76-,77?,78?,79?,80+,81+,82+,83+,84-,85-,86?,87-,88-,89+,90+,91+,92-,93-,94-/m0/s1. The third-order valence-electron chi connectivity index (χ3n) is 27.0. The molecule has 8 fully saturated rings. The molecule has 8 heterocycles. The lowest BCUT2D eigenvalue weighted by atomic mass is 9.93. The molecule has 42 atom stereocenters. The van der Waals surface area contributed by atoms with Gasteiger partial charge >= 0.3 is 0 Å². The summed E-state index contributed by atoms with van der Waals surface area (Å²) >= 11 is 0. The molecule has 25 N–H and O–H groups in total. The third kappa shape index (κ3) is 35.0. The summed E-state index contributed by atoms with van der Waals surface area (Å²) in [6.45, 7) is 1.86. The van der Waals surface area contributed by atoms with Gasteiger partial charge in [0.1, 0.15) is 183 Å². The topological polar surface area (TPSA) is 680 Å². The summed E-state index contributed by atoms with van der Waals surface area (Å²) in [6.07, 6.45) is -33.8. The van der Waals surface area contributed by atoms with E-state index in [1.165, 1.54) is 136 Å². The number of amides is 3. The lowest BCUT2D eigenvalue weighted by Gasteiger charge is -2.52. The second kappa shape index (κ2) is 62.5. The molecule has 0 aromatic heterocycles. The molecule has 8 saturated heterocycles. The summed E-state index contributed by atoms with van der Waals surface area (Å²) in [4.78, 5) is 40.7. The zero-order chi connectivity index (χ0) is 101. The van der Waals surface area contributed by atoms with E-state index in [2.05, 4.69) is 41.9 Å². The van der Waals surface area contributed by atoms with E-state index in [9.17, 15) is 127 Å². The molecule has 8 rings (SSSR count). The van der Waals surface area contributed by atoms with Crippen LogP contribution in [0.4, 0.5) is 0 Å². The Labute approximate surface area is 808 Å². The van der Waals surface area contributed by atoms with Crippen molar-refractivity contribution >= 4 is 17.7 Å². The van der Waals surface area contributed by atoms with Gasteiger partial charge in [0, 0.05) is 20.3 Å². The van der Waals surface area contributed by atoms with Crippen LogP contribution in [0, 0.1) is 0 Å². The van der Waals surface area contributed by atoms with E-state index in [1.54, 1.807) is 6.08 Å². The van der Waals surface area contributed by atoms with Crippen LogP contribution in [0.1, 0.15) is 247 Å². The molecule has 0 bridgehead atoms. The van der Waals surface area contributed by atoms with E-state index in [0.29, 0.717) is 12.8 Å². The number of aliphatic hydroxyl groups is 22. The summed E-state index contributed by atoms with van der Waals surface area (Å²) in [5, 5.41) is 258. The molecule has 16 unspecified atom stereocenters. The lowest BCUT2D eigenvalue weighted by Crippen LogP contribution is -2.72. The fraction of sp³-hybridized carbons (Fsp3) is 0.926. The van der Waals surface area contributed by atoms with Crippen molar-refractivity contribution in [3.63, 3.8) is 0 Å². The summed E-state index contributed by atoms with van der Waals surface area (Å²) in [5.74, 6) is -2.29. The number of ether oxygens (including phenoxy) is 16. The second-order valence-corrected chi connectivity index (χ2v) is 38.0. The van der Waals surface area contributed by atoms with Crippen LogP contribution in [-0.4, -0.2) is 434 Å². The predicted octanol–water partition coefficient (Wildman–Crippen LogP) is -2.60. The molecular formula is C94H167N3O41. The molecule has 0 spiro atoms. The van der Waals surface area contributed by atoms with Crippen LogP contribution >= 0.6 is 0 Å². The molecule has 138 heavy (non-hydrogen) atoms. The first-order chi connectivity index (χ1) is 66.2. The normalized spacial score (nSPS) is 39.2. The maximum absolute atomic E-state index is 13.7. The van der Waals surface area contributed by atoms with Gasteiger partial charge in [0.25, 0.3) is 0 Å². The SMILES string of the molecule is CCCCCCCC/C=C\CCCCCCCCCCCCCC(=O)N[C@@H](CO[C@@H]1OC(CO)[C@@H](O[C@@H]2OC(CO)[C@H](O)[C@H](O[C@@H]3OC(CO)[C@@H](O)[C@H](O[C@@H]4OC(CO)[C@H](O)[C@H](O[C@@H]5OC(CO)[C@@H](O[C@@H]6OC(CO)[C@H](O)[C@H](O)C6O[C@H]6OC(C)[C@@H](O)C(O)[C@@H]6O)[C@H](O[C@H]6OC(C)[C@@H](O)C(O)[C@@H]6O)C5NC(C)=O)C4O)C3NC(C)=O)C2O)[C@H](O)C1O)[C@H](O)/C=C/CCCCCCCCCCCCC. The van der Waals surface area contributed by atoms with E-state index in [1.807, 2.05) is 6.08 Å². The molecule has 8 aliphatic heterocycles. The van der Waals surface area contributed by atoms with E-state index in [-0.39, 0.29) is 12.3 Å². The van der Waals surface area contributed by atoms with Gasteiger partial charge < -0.3 is 204 Å². The summed E-state index contributed by atoms with van der Waals surface area (Å²) in [6, 6.07) is -5.06. The minimum Gasteiger partial charge on any atom is -0.394 e. The zero-order valence-electron chi connectivity index (χ0n) is 80.7. The molecule has 8 aliphatic rings. The third-order valence-corrected chi connectivity index (χ3v) is 27.0. The molecular weight excluding hydrogens is 1830 g/mol. The molecule has 804 valence electrons. The number of nitrogens with one attached hydrogen (secondary N) is 3. The van der Waals surface area contributed by atoms with Crippen LogP contribution in [0.2, 0.25) is 0 Å². The maximum atomic E-state index is 13.7. The van der Waals surface area contributed by atoms with Gasteiger partial charge in [-0.1, -0.05) is 192 Å². The van der Waals surface area contributed by atoms with Crippen LogP contribution in [0.25, 0.3) is 0 Å². The van der Waals surface area contributed by atoms with Gasteiger partial charge in [0.2, 0.25) is 17.7 Å². The lowest BCUT2D eigenvalue weighted by molar-refractivity contribution is -0.401. The molecule has 44 nitrogen and oxygen atoms in total. The van der Waals surface area contributed by atoms with E-state index < -0.39 is 316 Å². The highest BCUT2D eigenvalue weighted by molar-refractivity contribution is 5.76. The number of carbonyl (C=O) groups is 3. The summed E-state index contributed by atoms with van der Waals surface area (Å²) < 4.78 is 97.1. The Bertz CT molecular complexity index is 3400. The van der Waals surface area contributed by atoms with Gasteiger partial charge in [-0.2, -0.15) is 0 Å². The van der Waals surface area contributed by atoms with Gasteiger partial charge in [-0.25, -0.2) is 0 Å². The van der Waals surface area contributed by atoms with Crippen molar-refractivity contribution in [1.82, 2.24) is 16.0 Å². The minimum absolute atomic E-state index is 0.144. The second-order valence-electron chi connectivity index (χ2n) is 38.0. The minimum atomic E-state index is -2.44. The van der Waals surface area contributed by atoms with Crippen molar-refractivity contribution in [2.75, 3.05) is 46.2 Å². The first-order valence-corrected chi connectivity index (χ1v) is 50.4. The molecule has 0 aromatic rings. The van der Waals surface area contributed by atoms with Crippen LogP contribution in [0.15, 0.2) is 24.3 Å². The van der Waals surface area contributed by atoms with Crippen molar-refractivity contribution in [2.45, 2.75) is 505 Å². The fourth-order valence-electron chi connectivity index (χ4n) is 18.7. The average molecular weight is 2000 g/mol. The molecule has 0 aliphatic carbocycles. The van der Waals surface area contributed by atoms with Crippen LogP contribution in [0.5, 0.6) is 0 Å². The first kappa shape index (κ1) is 120. The van der Waals surface area contributed by atoms with E-state index >= 15 is 0 Å². The largest absolute Gasteiger partial charge is 0.394 e. The highest BCUT2D eigenvalue weighted by atomic mass is 16.8. The molecule has 0 saturated carbocycles. The maximum Gasteiger partial charge on any atom is 0.220 e. The zero-order valence-corrected chi connectivity index (χ0v) is 80.7. The van der Waals surface area contributed by atoms with Crippen molar-refractivity contribution in [2.24, 2.45) is 0 Å². The molecule has 0 radical (unpaired) electrons. The van der Waals surface area contributed by atoms with Gasteiger partial charge in [-0.3, -0.25) is 14.4 Å². The van der Waals surface area contributed by atoms with Gasteiger partial charge in [-0.05, 0) is 58.8 Å². The van der Waals surface area contributed by atoms with Gasteiger partial charge in [0.15, 0.2) is 50.3 Å². The highest BCUT2D eigenvalue weighted by Gasteiger charge is 2.61. The Hall–Kier alpha value is -3.63. The molecule has 44 heteroatoms. The average Bonchev–Trinajstić information content (AvgIpc) is 0.753. The Morgan fingerprint density at radius 2 is 0.609 bits per heavy atom. The van der Waals surface area contributed by atoms with Crippen molar-refractivity contribution < 1.29 is 203 Å².